The molecule has 0 saturated carbocycles. The molecule has 288 valence electrons. The maximum atomic E-state index is 13.5. The summed E-state index contributed by atoms with van der Waals surface area (Å²) in [5.41, 5.74) is 4.87. The summed E-state index contributed by atoms with van der Waals surface area (Å²) in [7, 11) is 0. The lowest BCUT2D eigenvalue weighted by atomic mass is 9.86. The van der Waals surface area contributed by atoms with Gasteiger partial charge in [-0.1, -0.05) is 84.0 Å². The molecular weight excluding hydrogens is 765 g/mol. The van der Waals surface area contributed by atoms with Gasteiger partial charge in [0.25, 0.3) is 0 Å². The SMILES string of the molecule is CC1=C2CC(C#Cc3ccccc3)=CN2C(=O)C(Cc2ccc(F)c(F)c2)C1=O.CC1=C2SC(C#Cc3ccccc3)=CN2C(=O)C(Cc2ccc(F)c(F)c2)C1=O. The van der Waals surface area contributed by atoms with Gasteiger partial charge in [-0.2, -0.15) is 0 Å². The number of hydrogen-bond acceptors (Lipinski definition) is 5. The van der Waals surface area contributed by atoms with Gasteiger partial charge in [0.05, 0.1) is 9.93 Å². The summed E-state index contributed by atoms with van der Waals surface area (Å²) in [6.07, 6.45) is 3.75. The van der Waals surface area contributed by atoms with Gasteiger partial charge in [0, 0.05) is 52.4 Å². The zero-order valence-electron chi connectivity index (χ0n) is 31.1. The van der Waals surface area contributed by atoms with Crippen molar-refractivity contribution in [3.05, 3.63) is 187 Å². The fourth-order valence-corrected chi connectivity index (χ4v) is 7.75. The summed E-state index contributed by atoms with van der Waals surface area (Å²) in [5, 5.41) is 0.555. The first-order valence-electron chi connectivity index (χ1n) is 18.2. The minimum absolute atomic E-state index is 0.0134. The summed E-state index contributed by atoms with van der Waals surface area (Å²) < 4.78 is 53.3. The number of ketones is 2. The van der Waals surface area contributed by atoms with Gasteiger partial charge in [0.2, 0.25) is 11.8 Å². The van der Waals surface area contributed by atoms with Crippen LogP contribution in [0.1, 0.15) is 42.5 Å². The van der Waals surface area contributed by atoms with E-state index in [0.717, 1.165) is 41.0 Å². The van der Waals surface area contributed by atoms with Gasteiger partial charge in [-0.3, -0.25) is 29.0 Å². The Labute approximate surface area is 336 Å². The van der Waals surface area contributed by atoms with Gasteiger partial charge in [-0.25, -0.2) is 17.6 Å². The van der Waals surface area contributed by atoms with Gasteiger partial charge in [0.1, 0.15) is 11.8 Å². The highest BCUT2D eigenvalue weighted by Crippen LogP contribution is 2.43. The summed E-state index contributed by atoms with van der Waals surface area (Å²) >= 11 is 1.28. The second-order valence-electron chi connectivity index (χ2n) is 13.8. The molecule has 2 amide bonds. The average molecular weight is 797 g/mol. The minimum atomic E-state index is -0.999. The molecule has 2 atom stereocenters. The normalized spacial score (nSPS) is 18.4. The summed E-state index contributed by atoms with van der Waals surface area (Å²) in [4.78, 5) is 55.0. The van der Waals surface area contributed by atoms with Crippen LogP contribution in [-0.2, 0) is 32.0 Å². The topological polar surface area (TPSA) is 74.8 Å². The van der Waals surface area contributed by atoms with Gasteiger partial charge in [0.15, 0.2) is 34.8 Å². The second-order valence-corrected chi connectivity index (χ2v) is 14.8. The molecule has 0 bridgehead atoms. The Kier molecular flexibility index (Phi) is 11.5. The molecule has 4 aliphatic rings. The number of benzene rings is 4. The maximum absolute atomic E-state index is 13.5. The number of hydrogen-bond donors (Lipinski definition) is 0. The molecule has 4 aliphatic heterocycles. The Hall–Kier alpha value is -6.69. The van der Waals surface area contributed by atoms with Crippen LogP contribution in [0.25, 0.3) is 0 Å². The number of halogens is 4. The number of fused-ring (bicyclic) bond motifs is 2. The van der Waals surface area contributed by atoms with Crippen LogP contribution in [0.5, 0.6) is 0 Å². The van der Waals surface area contributed by atoms with Gasteiger partial charge in [-0.15, -0.1) is 0 Å². The van der Waals surface area contributed by atoms with Crippen molar-refractivity contribution in [1.82, 2.24) is 9.80 Å². The largest absolute Gasteiger partial charge is 0.294 e. The molecule has 0 saturated heterocycles. The number of carbonyl (C=O) groups excluding carboxylic acids is 4. The van der Waals surface area contributed by atoms with E-state index in [1.54, 1.807) is 26.2 Å². The fraction of sp³-hybridized carbons (Fsp3) is 0.149. The Morgan fingerprint density at radius 3 is 1.62 bits per heavy atom. The number of carbonyl (C=O) groups is 4. The van der Waals surface area contributed by atoms with Crippen molar-refractivity contribution < 1.29 is 36.7 Å². The van der Waals surface area contributed by atoms with Crippen LogP contribution in [0, 0.1) is 58.8 Å². The van der Waals surface area contributed by atoms with Gasteiger partial charge in [-0.05, 0) is 86.3 Å². The quantitative estimate of drug-likeness (QED) is 0.118. The molecule has 0 fully saturated rings. The molecule has 58 heavy (non-hydrogen) atoms. The molecule has 0 aromatic heterocycles. The molecule has 8 rings (SSSR count). The van der Waals surface area contributed by atoms with E-state index in [9.17, 15) is 36.7 Å². The van der Waals surface area contributed by atoms with Gasteiger partial charge >= 0.3 is 0 Å². The van der Waals surface area contributed by atoms with Crippen molar-refractivity contribution in [2.24, 2.45) is 11.8 Å². The minimum Gasteiger partial charge on any atom is -0.294 e. The number of amides is 2. The van der Waals surface area contributed by atoms with Crippen molar-refractivity contribution in [3.63, 3.8) is 0 Å². The fourth-order valence-electron chi connectivity index (χ4n) is 6.79. The van der Waals surface area contributed by atoms with E-state index in [1.165, 1.54) is 33.7 Å². The van der Waals surface area contributed by atoms with E-state index in [1.807, 2.05) is 60.7 Å². The third kappa shape index (κ3) is 8.36. The smallest absolute Gasteiger partial charge is 0.242 e. The Balaban J connectivity index is 0.000000177. The van der Waals surface area contributed by atoms with Crippen LogP contribution in [0.2, 0.25) is 0 Å². The average Bonchev–Trinajstić information content (AvgIpc) is 3.87. The van der Waals surface area contributed by atoms with E-state index in [4.69, 9.17) is 0 Å². The maximum Gasteiger partial charge on any atom is 0.242 e. The molecule has 0 N–H and O–H groups in total. The third-order valence-corrected chi connectivity index (χ3v) is 11.0. The summed E-state index contributed by atoms with van der Waals surface area (Å²) in [6, 6.07) is 25.8. The van der Waals surface area contributed by atoms with Gasteiger partial charge < -0.3 is 0 Å². The Bertz CT molecular complexity index is 2460. The van der Waals surface area contributed by atoms with E-state index < -0.39 is 35.1 Å². The summed E-state index contributed by atoms with van der Waals surface area (Å²) in [5.74, 6) is 5.02. The number of nitrogens with zero attached hydrogens (tertiary/aromatic N) is 2. The lowest BCUT2D eigenvalue weighted by molar-refractivity contribution is -0.139. The Morgan fingerprint density at radius 2 is 1.09 bits per heavy atom. The second kappa shape index (κ2) is 16.8. The van der Waals surface area contributed by atoms with Crippen molar-refractivity contribution in [3.8, 4) is 23.7 Å². The van der Waals surface area contributed by atoms with Crippen molar-refractivity contribution in [1.29, 1.82) is 0 Å². The predicted molar refractivity (Wildman–Crippen MR) is 211 cm³/mol. The molecule has 0 spiro atoms. The molecule has 4 aromatic rings. The zero-order valence-corrected chi connectivity index (χ0v) is 31.9. The molecule has 11 heteroatoms. The standard InChI is InChI=1S/C24H17F2NO2.C23H15F2NO2S/c1-15-22-13-18(8-7-16-5-3-2-4-6-16)14-27(22)24(29)19(23(15)28)11-17-9-10-20(25)21(26)12-17;1-14-21(27)18(11-16-8-10-19(24)20(25)12-16)22(28)26-13-17(29-23(14)26)9-7-15-5-3-2-4-6-15/h2-6,9-10,12,14,19H,11,13H2,1H3;2-6,8,10,12-13,18H,11H2,1H3. The highest BCUT2D eigenvalue weighted by molar-refractivity contribution is 8.07. The van der Waals surface area contributed by atoms with E-state index in [-0.39, 0.29) is 36.2 Å². The van der Waals surface area contributed by atoms with E-state index in [0.29, 0.717) is 44.3 Å². The molecule has 4 heterocycles. The van der Waals surface area contributed by atoms with Crippen LogP contribution >= 0.6 is 11.8 Å². The number of thioether (sulfide) groups is 1. The van der Waals surface area contributed by atoms with Crippen molar-refractivity contribution in [2.75, 3.05) is 0 Å². The first-order valence-corrected chi connectivity index (χ1v) is 19.0. The van der Waals surface area contributed by atoms with E-state index >= 15 is 0 Å². The molecule has 4 aromatic carbocycles. The molecule has 0 radical (unpaired) electrons. The monoisotopic (exact) mass is 796 g/mol. The molecule has 2 unspecified atom stereocenters. The first-order chi connectivity index (χ1) is 27.9. The van der Waals surface area contributed by atoms with Crippen LogP contribution in [-0.4, -0.2) is 33.2 Å². The number of Topliss-reactive ketones (excluding diaryl/α,β-unsaturated/α-hetero) is 2. The summed E-state index contributed by atoms with van der Waals surface area (Å²) in [6.45, 7) is 3.36. The lowest BCUT2D eigenvalue weighted by Gasteiger charge is -2.29. The van der Waals surface area contributed by atoms with E-state index in [2.05, 4.69) is 23.7 Å². The highest BCUT2D eigenvalue weighted by atomic mass is 32.2. The van der Waals surface area contributed by atoms with Crippen molar-refractivity contribution >= 4 is 35.1 Å². The molecule has 0 aliphatic carbocycles. The Morgan fingerprint density at radius 1 is 0.586 bits per heavy atom. The zero-order chi connectivity index (χ0) is 41.1. The van der Waals surface area contributed by atoms with Crippen LogP contribution in [0.15, 0.2) is 142 Å². The number of allylic oxidation sites excluding steroid dienone is 4. The van der Waals surface area contributed by atoms with Crippen LogP contribution in [0.4, 0.5) is 17.6 Å². The highest BCUT2D eigenvalue weighted by Gasteiger charge is 2.43. The predicted octanol–water partition coefficient (Wildman–Crippen LogP) is 8.55. The third-order valence-electron chi connectivity index (χ3n) is 9.90. The van der Waals surface area contributed by atoms with Crippen molar-refractivity contribution in [2.45, 2.75) is 33.1 Å². The lowest BCUT2D eigenvalue weighted by Crippen LogP contribution is -2.41. The molecular formula is C47H32F4N2O4S. The first kappa shape index (κ1) is 39.5. The van der Waals surface area contributed by atoms with Crippen LogP contribution in [0.3, 0.4) is 0 Å². The van der Waals surface area contributed by atoms with Crippen LogP contribution < -0.4 is 0 Å². The molecule has 6 nitrogen and oxygen atoms in total. The number of rotatable bonds is 4.